The standard InChI is InChI=1S/C21H32O6/c1-20-12-14(6-8-16(20)26-20)18(22)24-10-4-3-5-11-25-19(23)15-7-9-17-21(2,13-15)27-17/h14-17H,3-13H2,1-2H3. The van der Waals surface area contributed by atoms with Gasteiger partial charge in [-0.05, 0) is 71.6 Å². The number of rotatable bonds is 8. The molecular weight excluding hydrogens is 348 g/mol. The summed E-state index contributed by atoms with van der Waals surface area (Å²) < 4.78 is 22.1. The maximum Gasteiger partial charge on any atom is 0.309 e. The van der Waals surface area contributed by atoms with Crippen molar-refractivity contribution in [3.8, 4) is 0 Å². The van der Waals surface area contributed by atoms with Crippen LogP contribution in [0, 0.1) is 11.8 Å². The summed E-state index contributed by atoms with van der Waals surface area (Å²) in [4.78, 5) is 24.3. The fraction of sp³-hybridized carbons (Fsp3) is 0.905. The van der Waals surface area contributed by atoms with E-state index in [0.29, 0.717) is 25.4 Å². The zero-order valence-electron chi connectivity index (χ0n) is 16.5. The van der Waals surface area contributed by atoms with E-state index in [1.807, 2.05) is 0 Å². The van der Waals surface area contributed by atoms with Crippen molar-refractivity contribution < 1.29 is 28.5 Å². The fourth-order valence-corrected chi connectivity index (χ4v) is 4.92. The topological polar surface area (TPSA) is 77.7 Å². The molecule has 0 radical (unpaired) electrons. The van der Waals surface area contributed by atoms with Crippen LogP contribution in [-0.2, 0) is 28.5 Å². The number of epoxide rings is 2. The maximum absolute atomic E-state index is 12.2. The van der Waals surface area contributed by atoms with Gasteiger partial charge in [0.05, 0.1) is 48.5 Å². The molecule has 0 aromatic carbocycles. The number of carbonyl (C=O) groups is 2. The molecular formula is C21H32O6. The number of fused-ring (bicyclic) bond motifs is 2. The lowest BCUT2D eigenvalue weighted by Gasteiger charge is -2.22. The van der Waals surface area contributed by atoms with Crippen molar-refractivity contribution >= 4 is 11.9 Å². The summed E-state index contributed by atoms with van der Waals surface area (Å²) in [5.41, 5.74) is -0.151. The summed E-state index contributed by atoms with van der Waals surface area (Å²) in [5.74, 6) is -0.185. The van der Waals surface area contributed by atoms with E-state index < -0.39 is 0 Å². The Kier molecular flexibility index (Phi) is 5.23. The van der Waals surface area contributed by atoms with Gasteiger partial charge in [0.15, 0.2) is 0 Å². The van der Waals surface area contributed by atoms with Gasteiger partial charge in [-0.25, -0.2) is 0 Å². The maximum atomic E-state index is 12.2. The van der Waals surface area contributed by atoms with Gasteiger partial charge in [0.25, 0.3) is 0 Å². The van der Waals surface area contributed by atoms with Crippen LogP contribution in [0.15, 0.2) is 0 Å². The molecule has 0 aromatic heterocycles. The average Bonchev–Trinajstić information content (AvgIpc) is 3.51. The SMILES string of the molecule is CC12CC(C(=O)OCCCCCOC(=O)C3CCC4OC4(C)C3)CCC1O2. The Hall–Kier alpha value is -1.14. The number of hydrogen-bond donors (Lipinski definition) is 0. The van der Waals surface area contributed by atoms with Crippen LogP contribution in [0.4, 0.5) is 0 Å². The first-order valence-corrected chi connectivity index (χ1v) is 10.6. The highest BCUT2D eigenvalue weighted by Gasteiger charge is 2.57. The summed E-state index contributed by atoms with van der Waals surface area (Å²) in [6.07, 6.45) is 8.49. The van der Waals surface area contributed by atoms with Gasteiger partial charge in [-0.2, -0.15) is 0 Å². The number of ether oxygens (including phenoxy) is 4. The zero-order chi connectivity index (χ0) is 19.1. The second kappa shape index (κ2) is 7.36. The highest BCUT2D eigenvalue weighted by Crippen LogP contribution is 2.50. The Balaban J connectivity index is 1.03. The van der Waals surface area contributed by atoms with E-state index in [0.717, 1.165) is 57.8 Å². The molecule has 2 saturated carbocycles. The molecule has 27 heavy (non-hydrogen) atoms. The number of unbranched alkanes of at least 4 members (excludes halogenated alkanes) is 2. The molecule has 2 heterocycles. The summed E-state index contributed by atoms with van der Waals surface area (Å²) in [7, 11) is 0. The minimum absolute atomic E-state index is 0.0119. The van der Waals surface area contributed by atoms with Crippen molar-refractivity contribution in [2.24, 2.45) is 11.8 Å². The van der Waals surface area contributed by atoms with E-state index in [9.17, 15) is 9.59 Å². The van der Waals surface area contributed by atoms with Gasteiger partial charge in [0, 0.05) is 0 Å². The van der Waals surface area contributed by atoms with E-state index in [1.54, 1.807) is 0 Å². The number of hydrogen-bond acceptors (Lipinski definition) is 6. The van der Waals surface area contributed by atoms with Gasteiger partial charge in [-0.3, -0.25) is 9.59 Å². The first kappa shape index (κ1) is 19.2. The molecule has 4 fully saturated rings. The van der Waals surface area contributed by atoms with Crippen LogP contribution < -0.4 is 0 Å². The van der Waals surface area contributed by atoms with Crippen LogP contribution in [0.5, 0.6) is 0 Å². The third-order valence-electron chi connectivity index (χ3n) is 6.87. The third kappa shape index (κ3) is 4.32. The lowest BCUT2D eigenvalue weighted by Crippen LogP contribution is -2.29. The average molecular weight is 380 g/mol. The molecule has 6 heteroatoms. The Bertz CT molecular complexity index is 541. The van der Waals surface area contributed by atoms with Crippen molar-refractivity contribution in [3.63, 3.8) is 0 Å². The van der Waals surface area contributed by atoms with Crippen molar-refractivity contribution in [2.45, 2.75) is 95.0 Å². The minimum Gasteiger partial charge on any atom is -0.465 e. The molecule has 2 aliphatic heterocycles. The molecule has 4 aliphatic rings. The van der Waals surface area contributed by atoms with Crippen LogP contribution in [0.25, 0.3) is 0 Å². The summed E-state index contributed by atoms with van der Waals surface area (Å²) in [5, 5.41) is 0. The molecule has 0 amide bonds. The van der Waals surface area contributed by atoms with Gasteiger partial charge >= 0.3 is 11.9 Å². The quantitative estimate of drug-likeness (QED) is 0.366. The second-order valence-electron chi connectivity index (χ2n) is 9.19. The molecule has 0 bridgehead atoms. The number of carbonyl (C=O) groups excluding carboxylic acids is 2. The molecule has 6 unspecified atom stereocenters. The Morgan fingerprint density at radius 1 is 0.778 bits per heavy atom. The fourth-order valence-electron chi connectivity index (χ4n) is 4.92. The number of esters is 2. The predicted octanol–water partition coefficient (Wildman–Crippen LogP) is 3.16. The summed E-state index contributed by atoms with van der Waals surface area (Å²) >= 11 is 0. The zero-order valence-corrected chi connectivity index (χ0v) is 16.5. The van der Waals surface area contributed by atoms with E-state index in [-0.39, 0.29) is 35.0 Å². The second-order valence-corrected chi connectivity index (χ2v) is 9.19. The van der Waals surface area contributed by atoms with Gasteiger partial charge in [0.1, 0.15) is 0 Å². The normalized spacial score (nSPS) is 41.9. The van der Waals surface area contributed by atoms with Crippen molar-refractivity contribution in [1.82, 2.24) is 0 Å². The minimum atomic E-state index is -0.0806. The molecule has 6 atom stereocenters. The van der Waals surface area contributed by atoms with Crippen molar-refractivity contribution in [2.75, 3.05) is 13.2 Å². The van der Waals surface area contributed by atoms with Crippen LogP contribution >= 0.6 is 0 Å². The monoisotopic (exact) mass is 380 g/mol. The van der Waals surface area contributed by atoms with Gasteiger partial charge in [-0.1, -0.05) is 0 Å². The van der Waals surface area contributed by atoms with Crippen LogP contribution in [0.2, 0.25) is 0 Å². The first-order chi connectivity index (χ1) is 12.9. The van der Waals surface area contributed by atoms with E-state index in [1.165, 1.54) is 0 Å². The highest BCUT2D eigenvalue weighted by atomic mass is 16.6. The molecule has 0 N–H and O–H groups in total. The Labute approximate surface area is 161 Å². The van der Waals surface area contributed by atoms with Gasteiger partial charge in [0.2, 0.25) is 0 Å². The molecule has 4 rings (SSSR count). The lowest BCUT2D eigenvalue weighted by molar-refractivity contribution is -0.150. The predicted molar refractivity (Wildman–Crippen MR) is 97.0 cm³/mol. The van der Waals surface area contributed by atoms with E-state index in [4.69, 9.17) is 18.9 Å². The highest BCUT2D eigenvalue weighted by molar-refractivity contribution is 5.73. The van der Waals surface area contributed by atoms with Crippen LogP contribution in [-0.4, -0.2) is 48.6 Å². The van der Waals surface area contributed by atoms with Crippen molar-refractivity contribution in [1.29, 1.82) is 0 Å². The Morgan fingerprint density at radius 3 is 1.63 bits per heavy atom. The molecule has 2 aliphatic carbocycles. The third-order valence-corrected chi connectivity index (χ3v) is 6.87. The van der Waals surface area contributed by atoms with Crippen molar-refractivity contribution in [3.05, 3.63) is 0 Å². The van der Waals surface area contributed by atoms with Gasteiger partial charge in [-0.15, -0.1) is 0 Å². The smallest absolute Gasteiger partial charge is 0.309 e. The molecule has 152 valence electrons. The largest absolute Gasteiger partial charge is 0.465 e. The summed E-state index contributed by atoms with van der Waals surface area (Å²) in [6.45, 7) is 5.07. The van der Waals surface area contributed by atoms with E-state index >= 15 is 0 Å². The lowest BCUT2D eigenvalue weighted by atomic mass is 9.82. The van der Waals surface area contributed by atoms with Crippen LogP contribution in [0.1, 0.15) is 71.6 Å². The summed E-state index contributed by atoms with van der Waals surface area (Å²) in [6, 6.07) is 0. The van der Waals surface area contributed by atoms with Crippen LogP contribution in [0.3, 0.4) is 0 Å². The van der Waals surface area contributed by atoms with Gasteiger partial charge < -0.3 is 18.9 Å². The molecule has 2 saturated heterocycles. The first-order valence-electron chi connectivity index (χ1n) is 10.6. The molecule has 0 spiro atoms. The molecule has 6 nitrogen and oxygen atoms in total. The Morgan fingerprint density at radius 2 is 1.22 bits per heavy atom. The molecule has 0 aromatic rings. The van der Waals surface area contributed by atoms with E-state index in [2.05, 4.69) is 13.8 Å².